The summed E-state index contributed by atoms with van der Waals surface area (Å²) < 4.78 is 0. The van der Waals surface area contributed by atoms with Gasteiger partial charge in [0.2, 0.25) is 0 Å². The number of hydrogen-bond acceptors (Lipinski definition) is 5. The number of carbonyl (C=O) groups excluding carboxylic acids is 1. The number of anilines is 2. The molecule has 0 unspecified atom stereocenters. The van der Waals surface area contributed by atoms with Crippen molar-refractivity contribution in [1.29, 1.82) is 0 Å². The Labute approximate surface area is 164 Å². The Morgan fingerprint density at radius 1 is 1.27 bits per heavy atom. The molecule has 1 aromatic carbocycles. The summed E-state index contributed by atoms with van der Waals surface area (Å²) in [5.74, 6) is 0.0125. The van der Waals surface area contributed by atoms with E-state index in [0.29, 0.717) is 5.69 Å². The molecule has 0 N–H and O–H groups in total. The molecule has 140 valence electrons. The molecule has 7 heteroatoms. The number of piperazine rings is 1. The van der Waals surface area contributed by atoms with Crippen LogP contribution in [0.15, 0.2) is 29.6 Å². The Morgan fingerprint density at radius 3 is 2.69 bits per heavy atom. The van der Waals surface area contributed by atoms with E-state index in [2.05, 4.69) is 27.8 Å². The van der Waals surface area contributed by atoms with E-state index in [-0.39, 0.29) is 5.91 Å². The van der Waals surface area contributed by atoms with Gasteiger partial charge >= 0.3 is 0 Å². The lowest BCUT2D eigenvalue weighted by Crippen LogP contribution is -2.46. The normalized spacial score (nSPS) is 14.6. The maximum absolute atomic E-state index is 12.4. The average Bonchev–Trinajstić information content (AvgIpc) is 3.15. The van der Waals surface area contributed by atoms with Crippen LogP contribution >= 0.6 is 22.9 Å². The van der Waals surface area contributed by atoms with Gasteiger partial charge in [-0.1, -0.05) is 31.0 Å². The van der Waals surface area contributed by atoms with Crippen molar-refractivity contribution >= 4 is 39.7 Å². The minimum Gasteiger partial charge on any atom is -0.368 e. The van der Waals surface area contributed by atoms with Crippen LogP contribution in [0, 0.1) is 0 Å². The maximum atomic E-state index is 12.4. The highest BCUT2D eigenvalue weighted by atomic mass is 35.5. The molecule has 1 aromatic heterocycles. The molecule has 0 saturated carbocycles. The number of unbranched alkanes of at least 4 members (excludes halogenated alkanes) is 1. The topological polar surface area (TPSA) is 39.7 Å². The highest BCUT2D eigenvalue weighted by Gasteiger charge is 2.22. The van der Waals surface area contributed by atoms with Crippen molar-refractivity contribution in [3.63, 3.8) is 0 Å². The third kappa shape index (κ3) is 4.48. The molecule has 0 spiro atoms. The number of hydrogen-bond donors (Lipinski definition) is 0. The quantitative estimate of drug-likeness (QED) is 0.745. The predicted octanol–water partition coefficient (Wildman–Crippen LogP) is 4.00. The van der Waals surface area contributed by atoms with Gasteiger partial charge in [-0.15, -0.1) is 11.3 Å². The maximum Gasteiger partial charge on any atom is 0.273 e. The van der Waals surface area contributed by atoms with Crippen LogP contribution in [-0.2, 0) is 0 Å². The molecular weight excluding hydrogens is 368 g/mol. The van der Waals surface area contributed by atoms with Crippen molar-refractivity contribution in [3.05, 3.63) is 40.4 Å². The van der Waals surface area contributed by atoms with Crippen LogP contribution in [0.1, 0.15) is 30.3 Å². The highest BCUT2D eigenvalue weighted by molar-refractivity contribution is 7.13. The molecule has 0 bridgehead atoms. The summed E-state index contributed by atoms with van der Waals surface area (Å²) in [6.07, 6.45) is 2.10. The molecule has 1 fully saturated rings. The number of thiazole rings is 1. The van der Waals surface area contributed by atoms with Crippen molar-refractivity contribution in [2.45, 2.75) is 19.8 Å². The fraction of sp³-hybridized carbons (Fsp3) is 0.474. The van der Waals surface area contributed by atoms with E-state index in [1.807, 2.05) is 30.6 Å². The molecule has 3 rings (SSSR count). The minimum atomic E-state index is 0.0125. The van der Waals surface area contributed by atoms with Crippen LogP contribution in [0.5, 0.6) is 0 Å². The Bertz CT molecular complexity index is 743. The number of rotatable bonds is 6. The molecule has 2 heterocycles. The van der Waals surface area contributed by atoms with Gasteiger partial charge in [0.05, 0.1) is 0 Å². The lowest BCUT2D eigenvalue weighted by atomic mass is 10.2. The minimum absolute atomic E-state index is 0.0125. The largest absolute Gasteiger partial charge is 0.368 e. The van der Waals surface area contributed by atoms with Gasteiger partial charge in [-0.25, -0.2) is 4.98 Å². The zero-order valence-electron chi connectivity index (χ0n) is 15.3. The lowest BCUT2D eigenvalue weighted by molar-refractivity contribution is 0.0788. The molecule has 2 aromatic rings. The summed E-state index contributed by atoms with van der Waals surface area (Å²) in [7, 11) is 1.85. The summed E-state index contributed by atoms with van der Waals surface area (Å²) in [6.45, 7) is 6.51. The van der Waals surface area contributed by atoms with Gasteiger partial charge in [0.25, 0.3) is 5.91 Å². The van der Waals surface area contributed by atoms with E-state index >= 15 is 0 Å². The average molecular weight is 393 g/mol. The zero-order chi connectivity index (χ0) is 18.5. The first-order chi connectivity index (χ1) is 12.6. The van der Waals surface area contributed by atoms with Gasteiger partial charge < -0.3 is 14.7 Å². The second kappa shape index (κ2) is 8.73. The van der Waals surface area contributed by atoms with Gasteiger partial charge in [-0.2, -0.15) is 0 Å². The van der Waals surface area contributed by atoms with Crippen molar-refractivity contribution in [2.24, 2.45) is 0 Å². The van der Waals surface area contributed by atoms with E-state index in [1.54, 1.807) is 16.2 Å². The van der Waals surface area contributed by atoms with Crippen LogP contribution in [-0.4, -0.2) is 55.6 Å². The third-order valence-corrected chi connectivity index (χ3v) is 5.77. The van der Waals surface area contributed by atoms with Crippen LogP contribution in [0.2, 0.25) is 5.02 Å². The molecule has 26 heavy (non-hydrogen) atoms. The zero-order valence-corrected chi connectivity index (χ0v) is 16.9. The van der Waals surface area contributed by atoms with Crippen LogP contribution in [0.25, 0.3) is 0 Å². The van der Waals surface area contributed by atoms with E-state index in [0.717, 1.165) is 61.4 Å². The molecule has 1 aliphatic heterocycles. The first kappa shape index (κ1) is 19.0. The number of halogens is 1. The van der Waals surface area contributed by atoms with E-state index < -0.39 is 0 Å². The number of amides is 1. The first-order valence-corrected chi connectivity index (χ1v) is 10.3. The van der Waals surface area contributed by atoms with Crippen LogP contribution < -0.4 is 9.80 Å². The molecule has 1 amide bonds. The first-order valence-electron chi connectivity index (χ1n) is 9.05. The lowest BCUT2D eigenvalue weighted by Gasteiger charge is -2.36. The second-order valence-electron chi connectivity index (χ2n) is 6.55. The Hall–Kier alpha value is -1.79. The van der Waals surface area contributed by atoms with Gasteiger partial charge in [0.15, 0.2) is 5.13 Å². The fourth-order valence-corrected chi connectivity index (χ4v) is 4.07. The van der Waals surface area contributed by atoms with Gasteiger partial charge in [-0.05, 0) is 24.6 Å². The summed E-state index contributed by atoms with van der Waals surface area (Å²) in [6, 6.07) is 7.97. The molecular formula is C19H25ClN4OS. The standard InChI is InChI=1S/C19H25ClN4OS/c1-3-4-8-22(2)18(25)17-14-26-19(21-17)24-11-9-23(10-12-24)16-7-5-6-15(20)13-16/h5-7,13-14H,3-4,8-12H2,1-2H3. The van der Waals surface area contributed by atoms with Gasteiger partial charge in [0, 0.05) is 55.9 Å². The highest BCUT2D eigenvalue weighted by Crippen LogP contribution is 2.25. The summed E-state index contributed by atoms with van der Waals surface area (Å²) in [5.41, 5.74) is 1.71. The van der Waals surface area contributed by atoms with E-state index in [1.165, 1.54) is 0 Å². The van der Waals surface area contributed by atoms with Crippen LogP contribution in [0.4, 0.5) is 10.8 Å². The van der Waals surface area contributed by atoms with E-state index in [4.69, 9.17) is 11.6 Å². The van der Waals surface area contributed by atoms with Crippen LogP contribution in [0.3, 0.4) is 0 Å². The predicted molar refractivity (Wildman–Crippen MR) is 110 cm³/mol. The van der Waals surface area contributed by atoms with Crippen molar-refractivity contribution < 1.29 is 4.79 Å². The molecule has 0 aliphatic carbocycles. The molecule has 5 nitrogen and oxygen atoms in total. The van der Waals surface area contributed by atoms with E-state index in [9.17, 15) is 4.79 Å². The number of carbonyl (C=O) groups is 1. The number of benzene rings is 1. The molecule has 1 aliphatic rings. The van der Waals surface area contributed by atoms with Crippen molar-refractivity contribution in [2.75, 3.05) is 49.6 Å². The Kier molecular flexibility index (Phi) is 6.38. The van der Waals surface area contributed by atoms with Gasteiger partial charge in [-0.3, -0.25) is 4.79 Å². The molecule has 1 saturated heterocycles. The Balaban J connectivity index is 1.58. The summed E-state index contributed by atoms with van der Waals surface area (Å²) >= 11 is 7.65. The van der Waals surface area contributed by atoms with Gasteiger partial charge in [0.1, 0.15) is 5.69 Å². The third-order valence-electron chi connectivity index (χ3n) is 4.63. The monoisotopic (exact) mass is 392 g/mol. The molecule has 0 atom stereocenters. The van der Waals surface area contributed by atoms with Crippen molar-refractivity contribution in [3.8, 4) is 0 Å². The summed E-state index contributed by atoms with van der Waals surface area (Å²) in [5, 5.41) is 3.58. The molecule has 0 radical (unpaired) electrons. The Morgan fingerprint density at radius 2 is 2.00 bits per heavy atom. The fourth-order valence-electron chi connectivity index (χ4n) is 3.03. The second-order valence-corrected chi connectivity index (χ2v) is 7.82. The number of aromatic nitrogens is 1. The number of nitrogens with zero attached hydrogens (tertiary/aromatic N) is 4. The SMILES string of the molecule is CCCCN(C)C(=O)c1csc(N2CCN(c3cccc(Cl)c3)CC2)n1. The smallest absolute Gasteiger partial charge is 0.273 e. The van der Waals surface area contributed by atoms with Crippen molar-refractivity contribution in [1.82, 2.24) is 9.88 Å². The summed E-state index contributed by atoms with van der Waals surface area (Å²) in [4.78, 5) is 23.4.